The van der Waals surface area contributed by atoms with Crippen molar-refractivity contribution in [3.63, 3.8) is 0 Å². The fourth-order valence-electron chi connectivity index (χ4n) is 4.62. The lowest BCUT2D eigenvalue weighted by molar-refractivity contribution is -0.384. The van der Waals surface area contributed by atoms with Crippen LogP contribution in [0.5, 0.6) is 23.0 Å². The summed E-state index contributed by atoms with van der Waals surface area (Å²) in [5.74, 6) is -0.129. The molecule has 0 aromatic heterocycles. The second kappa shape index (κ2) is 12.5. The molecule has 216 valence electrons. The van der Waals surface area contributed by atoms with E-state index in [1.165, 1.54) is 24.3 Å². The number of carbonyl (C=O) groups excluding carboxylic acids is 1. The zero-order chi connectivity index (χ0) is 30.5. The van der Waals surface area contributed by atoms with Crippen molar-refractivity contribution in [3.05, 3.63) is 134 Å². The molecule has 0 aliphatic carbocycles. The van der Waals surface area contributed by atoms with Crippen LogP contribution in [-0.4, -0.2) is 17.5 Å². The number of ether oxygens (including phenoxy) is 4. The first-order valence-electron chi connectivity index (χ1n) is 13.1. The summed E-state index contributed by atoms with van der Waals surface area (Å²) >= 11 is 6.28. The third kappa shape index (κ3) is 6.22. The number of nitro benzene ring substituents is 1. The summed E-state index contributed by atoms with van der Waals surface area (Å²) in [5, 5.41) is 21.7. The van der Waals surface area contributed by atoms with Gasteiger partial charge in [-0.1, -0.05) is 48.0 Å². The normalized spacial score (nSPS) is 13.7. The number of nitrogens with zero attached hydrogens (tertiary/aromatic N) is 2. The van der Waals surface area contributed by atoms with Gasteiger partial charge in [0.05, 0.1) is 23.0 Å². The molecule has 1 unspecified atom stereocenters. The van der Waals surface area contributed by atoms with Crippen molar-refractivity contribution in [3.8, 4) is 29.1 Å². The third-order valence-corrected chi connectivity index (χ3v) is 7.00. The van der Waals surface area contributed by atoms with E-state index >= 15 is 0 Å². The quantitative estimate of drug-likeness (QED) is 0.0967. The summed E-state index contributed by atoms with van der Waals surface area (Å²) in [5.41, 5.74) is 8.25. The van der Waals surface area contributed by atoms with Crippen LogP contribution in [0.3, 0.4) is 0 Å². The van der Waals surface area contributed by atoms with Gasteiger partial charge in [-0.25, -0.2) is 4.79 Å². The van der Waals surface area contributed by atoms with E-state index in [4.69, 9.17) is 36.3 Å². The largest absolute Gasteiger partial charge is 0.490 e. The molecule has 0 saturated carbocycles. The van der Waals surface area contributed by atoms with Crippen molar-refractivity contribution in [1.82, 2.24) is 0 Å². The summed E-state index contributed by atoms with van der Waals surface area (Å²) in [6.07, 6.45) is 0. The standard InChI is InChI=1S/C32H24ClN3O7/c1-2-40-29-15-19(10-13-27(29)41-18-21-6-3-4-9-26(21)33)30-24-12-11-23(16-28(24)43-31(35)25(30)17-34)42-32(37)20-7-5-8-22(14-20)36(38)39/h3-16,30H,2,18,35H2,1H3. The van der Waals surface area contributed by atoms with Gasteiger partial charge in [0.15, 0.2) is 11.5 Å². The average Bonchev–Trinajstić information content (AvgIpc) is 3.00. The number of benzene rings is 4. The molecule has 0 spiro atoms. The molecule has 4 aromatic carbocycles. The molecule has 0 amide bonds. The number of nitro groups is 1. The lowest BCUT2D eigenvalue weighted by Crippen LogP contribution is -2.21. The molecule has 0 saturated heterocycles. The predicted octanol–water partition coefficient (Wildman–Crippen LogP) is 6.66. The number of carbonyl (C=O) groups is 1. The molecule has 5 rings (SSSR count). The lowest BCUT2D eigenvalue weighted by atomic mass is 9.83. The number of nitriles is 1. The van der Waals surface area contributed by atoms with Crippen molar-refractivity contribution < 1.29 is 28.7 Å². The number of non-ortho nitro benzene ring substituents is 1. The molecule has 0 radical (unpaired) electrons. The maximum absolute atomic E-state index is 12.7. The van der Waals surface area contributed by atoms with Crippen LogP contribution in [0, 0.1) is 21.4 Å². The van der Waals surface area contributed by atoms with Crippen molar-refractivity contribution in [2.75, 3.05) is 6.61 Å². The summed E-state index contributed by atoms with van der Waals surface area (Å²) < 4.78 is 23.1. The fraction of sp³-hybridized carbons (Fsp3) is 0.125. The zero-order valence-electron chi connectivity index (χ0n) is 22.8. The Bertz CT molecular complexity index is 1800. The van der Waals surface area contributed by atoms with Crippen LogP contribution in [0.15, 0.2) is 96.4 Å². The van der Waals surface area contributed by atoms with E-state index < -0.39 is 16.8 Å². The maximum atomic E-state index is 12.7. The summed E-state index contributed by atoms with van der Waals surface area (Å²) in [6, 6.07) is 24.8. The van der Waals surface area contributed by atoms with Crippen LogP contribution in [0.4, 0.5) is 5.69 Å². The first-order chi connectivity index (χ1) is 20.8. The van der Waals surface area contributed by atoms with E-state index in [9.17, 15) is 20.2 Å². The zero-order valence-corrected chi connectivity index (χ0v) is 23.5. The van der Waals surface area contributed by atoms with Gasteiger partial charge in [0.1, 0.15) is 29.7 Å². The van der Waals surface area contributed by atoms with Crippen molar-refractivity contribution in [2.24, 2.45) is 5.73 Å². The molecule has 1 aliphatic heterocycles. The number of allylic oxidation sites excluding steroid dienone is 1. The van der Waals surface area contributed by atoms with Crippen molar-refractivity contribution in [1.29, 1.82) is 5.26 Å². The number of fused-ring (bicyclic) bond motifs is 1. The monoisotopic (exact) mass is 597 g/mol. The Morgan fingerprint density at radius 2 is 1.86 bits per heavy atom. The highest BCUT2D eigenvalue weighted by molar-refractivity contribution is 6.31. The second-order valence-electron chi connectivity index (χ2n) is 9.34. The van der Waals surface area contributed by atoms with Gasteiger partial charge < -0.3 is 24.7 Å². The molecule has 43 heavy (non-hydrogen) atoms. The Morgan fingerprint density at radius 1 is 1.05 bits per heavy atom. The topological polar surface area (TPSA) is 147 Å². The summed E-state index contributed by atoms with van der Waals surface area (Å²) in [6.45, 7) is 2.45. The molecule has 1 atom stereocenters. The van der Waals surface area contributed by atoms with Gasteiger partial charge in [0.2, 0.25) is 5.88 Å². The number of rotatable bonds is 9. The molecule has 1 heterocycles. The van der Waals surface area contributed by atoms with E-state index in [1.54, 1.807) is 30.3 Å². The Morgan fingerprint density at radius 3 is 2.60 bits per heavy atom. The SMILES string of the molecule is CCOc1cc(C2C(C#N)=C(N)Oc3cc(OC(=O)c4cccc([N+](=O)[O-])c4)ccc32)ccc1OCc1ccccc1Cl. The lowest BCUT2D eigenvalue weighted by Gasteiger charge is -2.27. The minimum atomic E-state index is -0.786. The van der Waals surface area contributed by atoms with Gasteiger partial charge in [-0.15, -0.1) is 0 Å². The molecule has 0 fully saturated rings. The van der Waals surface area contributed by atoms with Crippen LogP contribution in [-0.2, 0) is 6.61 Å². The average molecular weight is 598 g/mol. The number of esters is 1. The number of hydrogen-bond acceptors (Lipinski definition) is 9. The van der Waals surface area contributed by atoms with Crippen LogP contribution in [0.25, 0.3) is 0 Å². The first-order valence-corrected chi connectivity index (χ1v) is 13.5. The Labute approximate surface area is 251 Å². The molecule has 10 nitrogen and oxygen atoms in total. The van der Waals surface area contributed by atoms with Gasteiger partial charge >= 0.3 is 5.97 Å². The highest BCUT2D eigenvalue weighted by Crippen LogP contribution is 2.45. The van der Waals surface area contributed by atoms with Crippen LogP contribution in [0.1, 0.15) is 39.9 Å². The smallest absolute Gasteiger partial charge is 0.343 e. The molecular formula is C32H24ClN3O7. The van der Waals surface area contributed by atoms with E-state index in [2.05, 4.69) is 6.07 Å². The fourth-order valence-corrected chi connectivity index (χ4v) is 4.81. The van der Waals surface area contributed by atoms with Gasteiger partial charge in [0.25, 0.3) is 5.69 Å². The summed E-state index contributed by atoms with van der Waals surface area (Å²) in [4.78, 5) is 23.2. The number of halogens is 1. The van der Waals surface area contributed by atoms with Crippen LogP contribution < -0.4 is 24.7 Å². The van der Waals surface area contributed by atoms with Gasteiger partial charge in [-0.05, 0) is 42.8 Å². The molecule has 1 aliphatic rings. The van der Waals surface area contributed by atoms with Crippen molar-refractivity contribution >= 4 is 23.3 Å². The molecule has 4 aromatic rings. The van der Waals surface area contributed by atoms with Crippen molar-refractivity contribution in [2.45, 2.75) is 19.4 Å². The molecular weight excluding hydrogens is 574 g/mol. The molecule has 11 heteroatoms. The van der Waals surface area contributed by atoms with Gasteiger partial charge in [-0.3, -0.25) is 10.1 Å². The Hall–Kier alpha value is -5.53. The minimum absolute atomic E-state index is 0.0113. The van der Waals surface area contributed by atoms with E-state index in [1.807, 2.05) is 31.2 Å². The highest BCUT2D eigenvalue weighted by atomic mass is 35.5. The Balaban J connectivity index is 1.44. The van der Waals surface area contributed by atoms with Crippen LogP contribution in [0.2, 0.25) is 5.02 Å². The minimum Gasteiger partial charge on any atom is -0.490 e. The number of hydrogen-bond donors (Lipinski definition) is 1. The van der Waals surface area contributed by atoms with Crippen LogP contribution >= 0.6 is 11.6 Å². The summed E-state index contributed by atoms with van der Waals surface area (Å²) in [7, 11) is 0. The first kappa shape index (κ1) is 29.0. The van der Waals surface area contributed by atoms with Gasteiger partial charge in [0, 0.05) is 34.3 Å². The number of nitrogens with two attached hydrogens (primary N) is 1. The maximum Gasteiger partial charge on any atom is 0.343 e. The van der Waals surface area contributed by atoms with E-state index in [-0.39, 0.29) is 40.8 Å². The highest BCUT2D eigenvalue weighted by Gasteiger charge is 2.32. The molecule has 0 bridgehead atoms. The third-order valence-electron chi connectivity index (χ3n) is 6.64. The second-order valence-corrected chi connectivity index (χ2v) is 9.75. The van der Waals surface area contributed by atoms with E-state index in [0.717, 1.165) is 11.6 Å². The molecule has 2 N–H and O–H groups in total. The van der Waals surface area contributed by atoms with E-state index in [0.29, 0.717) is 34.3 Å². The predicted molar refractivity (Wildman–Crippen MR) is 157 cm³/mol. The van der Waals surface area contributed by atoms with Gasteiger partial charge in [-0.2, -0.15) is 5.26 Å². The Kier molecular flexibility index (Phi) is 8.46.